The van der Waals surface area contributed by atoms with E-state index in [-0.39, 0.29) is 5.60 Å². The highest BCUT2D eigenvalue weighted by molar-refractivity contribution is 5.66. The van der Waals surface area contributed by atoms with Crippen LogP contribution < -0.4 is 15.4 Å². The van der Waals surface area contributed by atoms with E-state index in [2.05, 4.69) is 11.9 Å². The summed E-state index contributed by atoms with van der Waals surface area (Å²) in [4.78, 5) is 2.29. The fourth-order valence-corrected chi connectivity index (χ4v) is 3.16. The second kappa shape index (κ2) is 3.83. The predicted molar refractivity (Wildman–Crippen MR) is 70.6 cm³/mol. The quantitative estimate of drug-likeness (QED) is 0.699. The van der Waals surface area contributed by atoms with Crippen LogP contribution in [0.4, 0.5) is 11.4 Å². The van der Waals surface area contributed by atoms with Crippen molar-refractivity contribution in [2.24, 2.45) is 0 Å². The zero-order valence-electron chi connectivity index (χ0n) is 10.4. The zero-order chi connectivity index (χ0) is 11.9. The van der Waals surface area contributed by atoms with Crippen LogP contribution in [0, 0.1) is 0 Å². The number of anilines is 2. The van der Waals surface area contributed by atoms with E-state index in [1.54, 1.807) is 0 Å². The first-order valence-corrected chi connectivity index (χ1v) is 6.48. The van der Waals surface area contributed by atoms with Crippen LogP contribution in [-0.2, 0) is 0 Å². The van der Waals surface area contributed by atoms with Gasteiger partial charge in [0.15, 0.2) is 0 Å². The number of hydrogen-bond acceptors (Lipinski definition) is 3. The molecule has 3 rings (SSSR count). The van der Waals surface area contributed by atoms with Gasteiger partial charge in [-0.1, -0.05) is 6.42 Å². The Kier molecular flexibility index (Phi) is 2.42. The molecular weight excluding hydrogens is 212 g/mol. The van der Waals surface area contributed by atoms with E-state index < -0.39 is 0 Å². The lowest BCUT2D eigenvalue weighted by atomic mass is 9.83. The number of likely N-dealkylation sites (N-methyl/N-ethyl adjacent to an activating group) is 1. The summed E-state index contributed by atoms with van der Waals surface area (Å²) < 4.78 is 6.29. The smallest absolute Gasteiger partial charge is 0.143 e. The molecule has 1 aliphatic carbocycles. The number of nitrogen functional groups attached to an aromatic ring is 1. The van der Waals surface area contributed by atoms with E-state index in [9.17, 15) is 0 Å². The van der Waals surface area contributed by atoms with Crippen molar-refractivity contribution >= 4 is 11.4 Å². The SMILES string of the molecule is CN1CC2(CCCCC2)Oc2ccc(N)cc21. The summed E-state index contributed by atoms with van der Waals surface area (Å²) in [7, 11) is 2.14. The number of rotatable bonds is 0. The molecule has 0 radical (unpaired) electrons. The van der Waals surface area contributed by atoms with Crippen molar-refractivity contribution in [3.63, 3.8) is 0 Å². The molecule has 0 amide bonds. The van der Waals surface area contributed by atoms with Gasteiger partial charge in [0.1, 0.15) is 11.4 Å². The highest BCUT2D eigenvalue weighted by atomic mass is 16.5. The Morgan fingerprint density at radius 2 is 2.00 bits per heavy atom. The van der Waals surface area contributed by atoms with E-state index in [0.29, 0.717) is 0 Å². The molecule has 3 heteroatoms. The van der Waals surface area contributed by atoms with Crippen LogP contribution in [0.25, 0.3) is 0 Å². The standard InChI is InChI=1S/C14H20N2O/c1-16-10-14(7-3-2-4-8-14)17-13-6-5-11(15)9-12(13)16/h5-6,9H,2-4,7-8,10,15H2,1H3. The third-order valence-corrected chi connectivity index (χ3v) is 4.01. The molecule has 2 N–H and O–H groups in total. The van der Waals surface area contributed by atoms with Crippen LogP contribution in [0.3, 0.4) is 0 Å². The number of hydrogen-bond donors (Lipinski definition) is 1. The van der Waals surface area contributed by atoms with Crippen molar-refractivity contribution in [2.75, 3.05) is 24.2 Å². The minimum absolute atomic E-state index is 0.0517. The molecule has 0 unspecified atom stereocenters. The Morgan fingerprint density at radius 1 is 1.24 bits per heavy atom. The summed E-state index contributed by atoms with van der Waals surface area (Å²) in [5.41, 5.74) is 7.81. The Morgan fingerprint density at radius 3 is 2.76 bits per heavy atom. The fraction of sp³-hybridized carbons (Fsp3) is 0.571. The maximum Gasteiger partial charge on any atom is 0.143 e. The maximum absolute atomic E-state index is 6.29. The lowest BCUT2D eigenvalue weighted by Gasteiger charge is -2.45. The van der Waals surface area contributed by atoms with Crippen LogP contribution >= 0.6 is 0 Å². The van der Waals surface area contributed by atoms with Gasteiger partial charge >= 0.3 is 0 Å². The summed E-state index contributed by atoms with van der Waals surface area (Å²) in [6.45, 7) is 0.990. The lowest BCUT2D eigenvalue weighted by molar-refractivity contribution is 0.0299. The van der Waals surface area contributed by atoms with Gasteiger partial charge in [-0.05, 0) is 43.9 Å². The molecule has 2 aliphatic rings. The molecule has 1 aromatic carbocycles. The van der Waals surface area contributed by atoms with Crippen LogP contribution in [0.5, 0.6) is 5.75 Å². The topological polar surface area (TPSA) is 38.5 Å². The van der Waals surface area contributed by atoms with Crippen molar-refractivity contribution < 1.29 is 4.74 Å². The molecule has 0 saturated heterocycles. The average Bonchev–Trinajstić information content (AvgIpc) is 2.31. The average molecular weight is 232 g/mol. The van der Waals surface area contributed by atoms with Crippen molar-refractivity contribution in [2.45, 2.75) is 37.7 Å². The van der Waals surface area contributed by atoms with Gasteiger partial charge in [-0.3, -0.25) is 0 Å². The molecule has 0 bridgehead atoms. The van der Waals surface area contributed by atoms with Gasteiger partial charge in [0.25, 0.3) is 0 Å². The minimum Gasteiger partial charge on any atom is -0.483 e. The second-order valence-corrected chi connectivity index (χ2v) is 5.43. The minimum atomic E-state index is 0.0517. The molecule has 1 fully saturated rings. The third kappa shape index (κ3) is 1.84. The molecule has 17 heavy (non-hydrogen) atoms. The van der Waals surface area contributed by atoms with Gasteiger partial charge in [0, 0.05) is 12.7 Å². The second-order valence-electron chi connectivity index (χ2n) is 5.43. The Hall–Kier alpha value is -1.38. The van der Waals surface area contributed by atoms with Crippen LogP contribution in [0.15, 0.2) is 18.2 Å². The van der Waals surface area contributed by atoms with Crippen molar-refractivity contribution in [1.29, 1.82) is 0 Å². The molecule has 1 heterocycles. The van der Waals surface area contributed by atoms with E-state index in [4.69, 9.17) is 10.5 Å². The number of benzene rings is 1. The molecule has 92 valence electrons. The van der Waals surface area contributed by atoms with Crippen LogP contribution in [-0.4, -0.2) is 19.2 Å². The summed E-state index contributed by atoms with van der Waals surface area (Å²) >= 11 is 0. The first kappa shape index (κ1) is 10.8. The molecule has 0 aromatic heterocycles. The Balaban J connectivity index is 1.94. The van der Waals surface area contributed by atoms with Crippen LogP contribution in [0.2, 0.25) is 0 Å². The van der Waals surface area contributed by atoms with E-state index in [1.807, 2.05) is 18.2 Å². The van der Waals surface area contributed by atoms with E-state index >= 15 is 0 Å². The third-order valence-electron chi connectivity index (χ3n) is 4.01. The number of fused-ring (bicyclic) bond motifs is 1. The first-order chi connectivity index (χ1) is 8.19. The van der Waals surface area contributed by atoms with Gasteiger partial charge in [-0.15, -0.1) is 0 Å². The fourth-order valence-electron chi connectivity index (χ4n) is 3.16. The van der Waals surface area contributed by atoms with Gasteiger partial charge in [0.05, 0.1) is 12.2 Å². The zero-order valence-corrected chi connectivity index (χ0v) is 10.4. The summed E-state index contributed by atoms with van der Waals surface area (Å²) in [6.07, 6.45) is 6.29. The lowest BCUT2D eigenvalue weighted by Crippen LogP contribution is -2.50. The number of ether oxygens (including phenoxy) is 1. The van der Waals surface area contributed by atoms with Crippen LogP contribution in [0.1, 0.15) is 32.1 Å². The van der Waals surface area contributed by atoms with Gasteiger partial charge in [0.2, 0.25) is 0 Å². The number of nitrogens with two attached hydrogens (primary N) is 1. The Labute approximate surface area is 103 Å². The van der Waals surface area contributed by atoms with Gasteiger partial charge in [-0.2, -0.15) is 0 Å². The first-order valence-electron chi connectivity index (χ1n) is 6.48. The van der Waals surface area contributed by atoms with Crippen molar-refractivity contribution in [3.8, 4) is 5.75 Å². The molecule has 3 nitrogen and oxygen atoms in total. The van der Waals surface area contributed by atoms with Gasteiger partial charge in [-0.25, -0.2) is 0 Å². The molecule has 1 aliphatic heterocycles. The summed E-state index contributed by atoms with van der Waals surface area (Å²) in [6, 6.07) is 5.94. The number of nitrogens with zero attached hydrogens (tertiary/aromatic N) is 1. The molecular formula is C14H20N2O. The highest BCUT2D eigenvalue weighted by Gasteiger charge is 2.39. The maximum atomic E-state index is 6.29. The van der Waals surface area contributed by atoms with Crippen molar-refractivity contribution in [3.05, 3.63) is 18.2 Å². The molecule has 1 saturated carbocycles. The predicted octanol–water partition coefficient (Wildman–Crippen LogP) is 2.80. The van der Waals surface area contributed by atoms with E-state index in [1.165, 1.54) is 32.1 Å². The largest absolute Gasteiger partial charge is 0.483 e. The van der Waals surface area contributed by atoms with E-state index in [0.717, 1.165) is 23.7 Å². The summed E-state index contributed by atoms with van der Waals surface area (Å²) in [5, 5.41) is 0. The highest BCUT2D eigenvalue weighted by Crippen LogP contribution is 2.42. The summed E-state index contributed by atoms with van der Waals surface area (Å²) in [5.74, 6) is 0.995. The molecule has 1 aromatic rings. The van der Waals surface area contributed by atoms with Crippen molar-refractivity contribution in [1.82, 2.24) is 0 Å². The van der Waals surface area contributed by atoms with Gasteiger partial charge < -0.3 is 15.4 Å². The normalized spacial score (nSPS) is 22.1. The molecule has 1 spiro atoms. The Bertz CT molecular complexity index is 424. The molecule has 0 atom stereocenters. The monoisotopic (exact) mass is 232 g/mol.